The molecular weight excluding hydrogens is 315 g/mol. The number of fused-ring (bicyclic) bond motifs is 1. The van der Waals surface area contributed by atoms with Gasteiger partial charge in [-0.3, -0.25) is 9.69 Å². The van der Waals surface area contributed by atoms with Crippen LogP contribution in [-0.2, 0) is 13.0 Å². The lowest BCUT2D eigenvalue weighted by molar-refractivity contribution is 0.0545. The van der Waals surface area contributed by atoms with Gasteiger partial charge in [0.15, 0.2) is 0 Å². The predicted molar refractivity (Wildman–Crippen MR) is 95.9 cm³/mol. The minimum absolute atomic E-state index is 0.180. The minimum atomic E-state index is -0.429. The van der Waals surface area contributed by atoms with E-state index in [2.05, 4.69) is 29.2 Å². The Bertz CT molecular complexity index is 776. The van der Waals surface area contributed by atoms with Crippen LogP contribution in [0.25, 0.3) is 0 Å². The van der Waals surface area contributed by atoms with Gasteiger partial charge in [0.2, 0.25) is 0 Å². The largest absolute Gasteiger partial charge is 0.337 e. The third kappa shape index (κ3) is 3.31. The van der Waals surface area contributed by atoms with E-state index >= 15 is 0 Å². The van der Waals surface area contributed by atoms with Gasteiger partial charge in [0, 0.05) is 32.2 Å². The SMILES string of the molecule is O=C(c1ccccc1F)N1CCC[C@@H](N2CCc3ccccc3C2)C1. The van der Waals surface area contributed by atoms with E-state index in [1.165, 1.54) is 17.2 Å². The first kappa shape index (κ1) is 16.3. The molecule has 4 heteroatoms. The summed E-state index contributed by atoms with van der Waals surface area (Å²) in [4.78, 5) is 17.0. The highest BCUT2D eigenvalue weighted by molar-refractivity contribution is 5.94. The van der Waals surface area contributed by atoms with Crippen LogP contribution in [0.4, 0.5) is 4.39 Å². The summed E-state index contributed by atoms with van der Waals surface area (Å²) in [5.74, 6) is -0.610. The Hall–Kier alpha value is -2.20. The second-order valence-electron chi connectivity index (χ2n) is 7.02. The van der Waals surface area contributed by atoms with Gasteiger partial charge in [-0.15, -0.1) is 0 Å². The number of rotatable bonds is 2. The Morgan fingerprint density at radius 1 is 1.00 bits per heavy atom. The highest BCUT2D eigenvalue weighted by atomic mass is 19.1. The molecule has 2 aromatic carbocycles. The van der Waals surface area contributed by atoms with Crippen LogP contribution in [-0.4, -0.2) is 41.4 Å². The predicted octanol–water partition coefficient (Wildman–Crippen LogP) is 3.49. The number of hydrogen-bond acceptors (Lipinski definition) is 2. The summed E-state index contributed by atoms with van der Waals surface area (Å²) in [6.45, 7) is 3.38. The molecule has 1 amide bonds. The zero-order chi connectivity index (χ0) is 17.2. The molecule has 0 bridgehead atoms. The van der Waals surface area contributed by atoms with Crippen LogP contribution in [0.15, 0.2) is 48.5 Å². The molecule has 2 aliphatic heterocycles. The van der Waals surface area contributed by atoms with Crippen molar-refractivity contribution in [3.63, 3.8) is 0 Å². The monoisotopic (exact) mass is 338 g/mol. The fraction of sp³-hybridized carbons (Fsp3) is 0.381. The van der Waals surface area contributed by atoms with Crippen LogP contribution < -0.4 is 0 Å². The number of carbonyl (C=O) groups is 1. The van der Waals surface area contributed by atoms with Gasteiger partial charge in [0.1, 0.15) is 5.82 Å². The van der Waals surface area contributed by atoms with E-state index in [0.717, 1.165) is 32.4 Å². The third-order valence-electron chi connectivity index (χ3n) is 5.46. The fourth-order valence-electron chi connectivity index (χ4n) is 4.07. The van der Waals surface area contributed by atoms with Crippen molar-refractivity contribution < 1.29 is 9.18 Å². The quantitative estimate of drug-likeness (QED) is 0.837. The molecule has 0 aliphatic carbocycles. The van der Waals surface area contributed by atoms with Crippen molar-refractivity contribution in [2.75, 3.05) is 19.6 Å². The first-order chi connectivity index (χ1) is 12.2. The van der Waals surface area contributed by atoms with Gasteiger partial charge < -0.3 is 4.90 Å². The van der Waals surface area contributed by atoms with Gasteiger partial charge in [0.25, 0.3) is 5.91 Å². The molecular formula is C21H23FN2O. The van der Waals surface area contributed by atoms with Crippen molar-refractivity contribution in [3.05, 3.63) is 71.0 Å². The van der Waals surface area contributed by atoms with Gasteiger partial charge >= 0.3 is 0 Å². The number of nitrogens with zero attached hydrogens (tertiary/aromatic N) is 2. The lowest BCUT2D eigenvalue weighted by Crippen LogP contribution is -2.51. The van der Waals surface area contributed by atoms with E-state index in [1.807, 2.05) is 4.90 Å². The Morgan fingerprint density at radius 2 is 1.76 bits per heavy atom. The topological polar surface area (TPSA) is 23.6 Å². The minimum Gasteiger partial charge on any atom is -0.337 e. The highest BCUT2D eigenvalue weighted by Gasteiger charge is 2.30. The normalized spacial score (nSPS) is 21.0. The number of piperidine rings is 1. The van der Waals surface area contributed by atoms with Crippen molar-refractivity contribution in [2.45, 2.75) is 31.8 Å². The molecule has 2 aliphatic rings. The molecule has 0 unspecified atom stereocenters. The van der Waals surface area contributed by atoms with E-state index in [9.17, 15) is 9.18 Å². The van der Waals surface area contributed by atoms with Crippen LogP contribution in [0.5, 0.6) is 0 Å². The Morgan fingerprint density at radius 3 is 2.60 bits per heavy atom. The molecule has 0 saturated carbocycles. The van der Waals surface area contributed by atoms with Gasteiger partial charge in [-0.05, 0) is 42.5 Å². The van der Waals surface area contributed by atoms with E-state index < -0.39 is 5.82 Å². The molecule has 0 radical (unpaired) electrons. The van der Waals surface area contributed by atoms with Crippen molar-refractivity contribution in [2.24, 2.45) is 0 Å². The summed E-state index contributed by atoms with van der Waals surface area (Å²) in [6.07, 6.45) is 3.14. The average molecular weight is 338 g/mol. The Kier molecular flexibility index (Phi) is 4.53. The zero-order valence-corrected chi connectivity index (χ0v) is 14.3. The molecule has 130 valence electrons. The number of likely N-dealkylation sites (tertiary alicyclic amines) is 1. The summed E-state index contributed by atoms with van der Waals surface area (Å²) in [6, 6.07) is 15.2. The molecule has 3 nitrogen and oxygen atoms in total. The smallest absolute Gasteiger partial charge is 0.256 e. The van der Waals surface area contributed by atoms with Crippen LogP contribution >= 0.6 is 0 Å². The molecule has 2 aromatic rings. The fourth-order valence-corrected chi connectivity index (χ4v) is 4.07. The van der Waals surface area contributed by atoms with E-state index in [0.29, 0.717) is 19.1 Å². The van der Waals surface area contributed by atoms with Crippen LogP contribution in [0.2, 0.25) is 0 Å². The highest BCUT2D eigenvalue weighted by Crippen LogP contribution is 2.25. The maximum atomic E-state index is 14.0. The lowest BCUT2D eigenvalue weighted by atomic mass is 9.95. The van der Waals surface area contributed by atoms with Crippen molar-refractivity contribution in [1.29, 1.82) is 0 Å². The Labute approximate surface area is 148 Å². The summed E-state index contributed by atoms with van der Waals surface area (Å²) >= 11 is 0. The van der Waals surface area contributed by atoms with Gasteiger partial charge in [-0.1, -0.05) is 36.4 Å². The van der Waals surface area contributed by atoms with Crippen molar-refractivity contribution >= 4 is 5.91 Å². The van der Waals surface area contributed by atoms with E-state index in [4.69, 9.17) is 0 Å². The molecule has 0 aromatic heterocycles. The summed E-state index contributed by atoms with van der Waals surface area (Å²) in [7, 11) is 0. The Balaban J connectivity index is 1.47. The van der Waals surface area contributed by atoms with Crippen molar-refractivity contribution in [3.8, 4) is 0 Å². The lowest BCUT2D eigenvalue weighted by Gasteiger charge is -2.41. The van der Waals surface area contributed by atoms with Crippen molar-refractivity contribution in [1.82, 2.24) is 9.80 Å². The molecule has 1 fully saturated rings. The first-order valence-corrected chi connectivity index (χ1v) is 9.07. The molecule has 1 saturated heterocycles. The second-order valence-corrected chi connectivity index (χ2v) is 7.02. The van der Waals surface area contributed by atoms with Crippen LogP contribution in [0, 0.1) is 5.82 Å². The number of amides is 1. The maximum Gasteiger partial charge on any atom is 0.256 e. The van der Waals surface area contributed by atoms with Gasteiger partial charge in [0.05, 0.1) is 5.56 Å². The zero-order valence-electron chi connectivity index (χ0n) is 14.3. The number of halogens is 1. The first-order valence-electron chi connectivity index (χ1n) is 9.07. The molecule has 2 heterocycles. The summed E-state index contributed by atoms with van der Waals surface area (Å²) in [5.41, 5.74) is 3.02. The van der Waals surface area contributed by atoms with Crippen LogP contribution in [0.3, 0.4) is 0 Å². The van der Waals surface area contributed by atoms with Gasteiger partial charge in [-0.25, -0.2) is 4.39 Å². The number of hydrogen-bond donors (Lipinski definition) is 0. The molecule has 1 atom stereocenters. The number of carbonyl (C=O) groups excluding carboxylic acids is 1. The summed E-state index contributed by atoms with van der Waals surface area (Å²) < 4.78 is 14.0. The molecule has 0 spiro atoms. The molecule has 0 N–H and O–H groups in total. The third-order valence-corrected chi connectivity index (χ3v) is 5.46. The van der Waals surface area contributed by atoms with E-state index in [-0.39, 0.29) is 11.5 Å². The molecule has 25 heavy (non-hydrogen) atoms. The average Bonchev–Trinajstić information content (AvgIpc) is 2.67. The van der Waals surface area contributed by atoms with E-state index in [1.54, 1.807) is 18.2 Å². The summed E-state index contributed by atoms with van der Waals surface area (Å²) in [5, 5.41) is 0. The standard InChI is InChI=1S/C21H23FN2O/c22-20-10-4-3-9-19(20)21(25)24-12-5-8-18(15-24)23-13-11-16-6-1-2-7-17(16)14-23/h1-4,6-7,9-10,18H,5,8,11-15H2/t18-/m1/s1. The molecule has 4 rings (SSSR count). The maximum absolute atomic E-state index is 14.0. The second kappa shape index (κ2) is 6.96. The van der Waals surface area contributed by atoms with Crippen LogP contribution in [0.1, 0.15) is 34.3 Å². The number of benzene rings is 2. The van der Waals surface area contributed by atoms with Gasteiger partial charge in [-0.2, -0.15) is 0 Å².